The first kappa shape index (κ1) is 12.3. The molecule has 1 amide bonds. The highest BCUT2D eigenvalue weighted by atomic mass is 32.1. The zero-order valence-electron chi connectivity index (χ0n) is 11.4. The van der Waals surface area contributed by atoms with Gasteiger partial charge in [0, 0.05) is 48.4 Å². The lowest BCUT2D eigenvalue weighted by Crippen LogP contribution is -2.25. The molecule has 21 heavy (non-hydrogen) atoms. The van der Waals surface area contributed by atoms with Crippen LogP contribution in [0.15, 0.2) is 36.1 Å². The number of aromatic nitrogens is 4. The summed E-state index contributed by atoms with van der Waals surface area (Å²) in [6, 6.07) is 4.03. The van der Waals surface area contributed by atoms with Gasteiger partial charge in [-0.25, -0.2) is 4.98 Å². The van der Waals surface area contributed by atoms with Crippen LogP contribution in [0.5, 0.6) is 0 Å². The number of carbonyl (C=O) groups is 1. The van der Waals surface area contributed by atoms with E-state index in [2.05, 4.69) is 15.4 Å². The van der Waals surface area contributed by atoms with Crippen molar-refractivity contribution in [2.24, 2.45) is 7.05 Å². The number of nitrogens with one attached hydrogen (secondary N) is 1. The molecule has 0 aromatic carbocycles. The second-order valence-electron chi connectivity index (χ2n) is 4.99. The first-order valence-corrected chi connectivity index (χ1v) is 7.51. The fraction of sp³-hybridized carbons (Fsp3) is 0.214. The second kappa shape index (κ2) is 4.56. The van der Waals surface area contributed by atoms with Crippen molar-refractivity contribution in [2.75, 3.05) is 5.32 Å². The van der Waals surface area contributed by atoms with E-state index >= 15 is 0 Å². The van der Waals surface area contributed by atoms with E-state index in [1.165, 1.54) is 0 Å². The van der Waals surface area contributed by atoms with Crippen LogP contribution in [0.2, 0.25) is 0 Å². The maximum Gasteiger partial charge on any atom is 0.226 e. The van der Waals surface area contributed by atoms with Crippen LogP contribution in [0, 0.1) is 0 Å². The third kappa shape index (κ3) is 1.89. The number of rotatable bonds is 2. The van der Waals surface area contributed by atoms with Crippen LogP contribution in [0.1, 0.15) is 23.6 Å². The number of carbonyl (C=O) groups excluding carboxylic acids is 1. The quantitative estimate of drug-likeness (QED) is 0.788. The molecule has 6 nitrogen and oxygen atoms in total. The topological polar surface area (TPSA) is 64.7 Å². The number of anilines is 1. The molecular weight excluding hydrogens is 286 g/mol. The Bertz CT molecular complexity index is 801. The van der Waals surface area contributed by atoms with Gasteiger partial charge >= 0.3 is 0 Å². The molecule has 1 atom stereocenters. The van der Waals surface area contributed by atoms with Gasteiger partial charge in [-0.1, -0.05) is 0 Å². The summed E-state index contributed by atoms with van der Waals surface area (Å²) in [5.41, 5.74) is 2.11. The summed E-state index contributed by atoms with van der Waals surface area (Å²) in [5, 5.41) is 10.0. The molecule has 4 rings (SSSR count). The summed E-state index contributed by atoms with van der Waals surface area (Å²) < 4.78 is 3.75. The Morgan fingerprint density at radius 1 is 1.48 bits per heavy atom. The minimum absolute atomic E-state index is 0.00125. The molecule has 0 saturated carbocycles. The standard InChI is InChI=1S/C14H13N5OS/c1-18-13-10(8-16-18)9(7-12(20)17-13)11-3-2-5-19(11)14-15-4-6-21-14/h2-6,8-9H,7H2,1H3,(H,17,20). The number of amides is 1. The van der Waals surface area contributed by atoms with Gasteiger partial charge in [-0.05, 0) is 12.1 Å². The summed E-state index contributed by atoms with van der Waals surface area (Å²) in [5.74, 6) is 0.799. The molecule has 1 unspecified atom stereocenters. The SMILES string of the molecule is Cn1ncc2c1NC(=O)CC2c1cccn1-c1nccs1. The van der Waals surface area contributed by atoms with E-state index in [9.17, 15) is 4.79 Å². The first-order valence-electron chi connectivity index (χ1n) is 6.63. The van der Waals surface area contributed by atoms with E-state index in [0.717, 1.165) is 22.2 Å². The molecule has 0 fully saturated rings. The van der Waals surface area contributed by atoms with Crippen LogP contribution < -0.4 is 5.32 Å². The third-order valence-corrected chi connectivity index (χ3v) is 4.52. The zero-order chi connectivity index (χ0) is 14.4. The summed E-state index contributed by atoms with van der Waals surface area (Å²) >= 11 is 1.58. The number of fused-ring (bicyclic) bond motifs is 1. The highest BCUT2D eigenvalue weighted by Gasteiger charge is 2.31. The predicted octanol–water partition coefficient (Wildman–Crippen LogP) is 2.14. The molecule has 3 aromatic rings. The van der Waals surface area contributed by atoms with Crippen molar-refractivity contribution in [3.8, 4) is 5.13 Å². The fourth-order valence-electron chi connectivity index (χ4n) is 2.79. The first-order chi connectivity index (χ1) is 10.2. The van der Waals surface area contributed by atoms with Gasteiger partial charge in [-0.15, -0.1) is 11.3 Å². The van der Waals surface area contributed by atoms with Gasteiger partial charge in [-0.3, -0.25) is 14.0 Å². The van der Waals surface area contributed by atoms with E-state index in [0.29, 0.717) is 6.42 Å². The lowest BCUT2D eigenvalue weighted by atomic mass is 9.91. The number of nitrogens with zero attached hydrogens (tertiary/aromatic N) is 4. The average molecular weight is 299 g/mol. The third-order valence-electron chi connectivity index (χ3n) is 3.75. The minimum atomic E-state index is 0.00125. The summed E-state index contributed by atoms with van der Waals surface area (Å²) in [7, 11) is 1.83. The Labute approximate surface area is 125 Å². The largest absolute Gasteiger partial charge is 0.311 e. The van der Waals surface area contributed by atoms with Gasteiger partial charge in [0.2, 0.25) is 5.91 Å². The normalized spacial score (nSPS) is 17.6. The van der Waals surface area contributed by atoms with Gasteiger partial charge in [0.1, 0.15) is 5.82 Å². The van der Waals surface area contributed by atoms with Gasteiger partial charge in [-0.2, -0.15) is 5.10 Å². The highest BCUT2D eigenvalue weighted by molar-refractivity contribution is 7.12. The summed E-state index contributed by atoms with van der Waals surface area (Å²) in [4.78, 5) is 16.4. The molecule has 4 heterocycles. The molecule has 1 aliphatic rings. The van der Waals surface area contributed by atoms with Gasteiger partial charge in [0.15, 0.2) is 5.13 Å². The van der Waals surface area contributed by atoms with Crippen molar-refractivity contribution >= 4 is 23.1 Å². The van der Waals surface area contributed by atoms with Crippen molar-refractivity contribution in [3.63, 3.8) is 0 Å². The predicted molar refractivity (Wildman–Crippen MR) is 79.7 cm³/mol. The van der Waals surface area contributed by atoms with E-state index in [4.69, 9.17) is 0 Å². The van der Waals surface area contributed by atoms with E-state index in [1.807, 2.05) is 41.5 Å². The minimum Gasteiger partial charge on any atom is -0.311 e. The Balaban J connectivity index is 1.85. The summed E-state index contributed by atoms with van der Waals surface area (Å²) in [6.45, 7) is 0. The van der Waals surface area contributed by atoms with E-state index in [-0.39, 0.29) is 11.8 Å². The Morgan fingerprint density at radius 2 is 2.38 bits per heavy atom. The van der Waals surface area contributed by atoms with Crippen LogP contribution in [0.4, 0.5) is 5.82 Å². The van der Waals surface area contributed by atoms with Crippen LogP contribution in [0.3, 0.4) is 0 Å². The van der Waals surface area contributed by atoms with E-state index in [1.54, 1.807) is 22.2 Å². The molecule has 7 heteroatoms. The van der Waals surface area contributed by atoms with Crippen molar-refractivity contribution in [1.82, 2.24) is 19.3 Å². The second-order valence-corrected chi connectivity index (χ2v) is 5.87. The average Bonchev–Trinajstić information content (AvgIpc) is 3.18. The van der Waals surface area contributed by atoms with Gasteiger partial charge in [0.25, 0.3) is 0 Å². The van der Waals surface area contributed by atoms with Crippen molar-refractivity contribution in [2.45, 2.75) is 12.3 Å². The Kier molecular flexibility index (Phi) is 2.68. The fourth-order valence-corrected chi connectivity index (χ4v) is 3.44. The van der Waals surface area contributed by atoms with Crippen LogP contribution in [-0.4, -0.2) is 25.2 Å². The van der Waals surface area contributed by atoms with Crippen molar-refractivity contribution < 1.29 is 4.79 Å². The van der Waals surface area contributed by atoms with Crippen LogP contribution >= 0.6 is 11.3 Å². The number of hydrogen-bond donors (Lipinski definition) is 1. The molecule has 0 radical (unpaired) electrons. The smallest absolute Gasteiger partial charge is 0.226 e. The van der Waals surface area contributed by atoms with Crippen molar-refractivity contribution in [1.29, 1.82) is 0 Å². The van der Waals surface area contributed by atoms with Gasteiger partial charge in [0.05, 0.1) is 6.20 Å². The highest BCUT2D eigenvalue weighted by Crippen LogP contribution is 2.37. The molecule has 0 bridgehead atoms. The zero-order valence-corrected chi connectivity index (χ0v) is 12.2. The maximum atomic E-state index is 12.0. The lowest BCUT2D eigenvalue weighted by Gasteiger charge is -2.23. The molecular formula is C14H13N5OS. The lowest BCUT2D eigenvalue weighted by molar-refractivity contribution is -0.116. The van der Waals surface area contributed by atoms with E-state index < -0.39 is 0 Å². The molecule has 1 N–H and O–H groups in total. The molecule has 1 aliphatic heterocycles. The van der Waals surface area contributed by atoms with Crippen molar-refractivity contribution in [3.05, 3.63) is 47.4 Å². The molecule has 0 saturated heterocycles. The number of hydrogen-bond acceptors (Lipinski definition) is 4. The molecule has 0 spiro atoms. The van der Waals surface area contributed by atoms with Crippen LogP contribution in [0.25, 0.3) is 5.13 Å². The molecule has 106 valence electrons. The summed E-state index contributed by atoms with van der Waals surface area (Å²) in [6.07, 6.45) is 6.02. The maximum absolute atomic E-state index is 12.0. The number of thiazole rings is 1. The van der Waals surface area contributed by atoms with Crippen LogP contribution in [-0.2, 0) is 11.8 Å². The Morgan fingerprint density at radius 3 is 3.19 bits per heavy atom. The molecule has 0 aliphatic carbocycles. The molecule has 3 aromatic heterocycles. The Hall–Kier alpha value is -2.41. The number of aryl methyl sites for hydroxylation is 1. The monoisotopic (exact) mass is 299 g/mol. The van der Waals surface area contributed by atoms with Gasteiger partial charge < -0.3 is 5.32 Å².